The van der Waals surface area contributed by atoms with Crippen molar-refractivity contribution in [2.24, 2.45) is 11.8 Å². The number of hydrogen-bond acceptors (Lipinski definition) is 4. The Balaban J connectivity index is 1.66. The SMILES string of the molecule is O=C(CC(=O)C1CCCCC1C(=O)CC(=O)c1ccccc1)c1ccccc1. The largest absolute Gasteiger partial charge is 0.299 e. The predicted octanol–water partition coefficient (Wildman–Crippen LogP) is 4.48. The first-order valence-electron chi connectivity index (χ1n) is 9.78. The van der Waals surface area contributed by atoms with Crippen LogP contribution in [0.1, 0.15) is 59.2 Å². The van der Waals surface area contributed by atoms with Crippen LogP contribution >= 0.6 is 0 Å². The summed E-state index contributed by atoms with van der Waals surface area (Å²) in [5.41, 5.74) is 1.02. The molecule has 28 heavy (non-hydrogen) atoms. The minimum absolute atomic E-state index is 0.181. The lowest BCUT2D eigenvalue weighted by Gasteiger charge is -2.29. The van der Waals surface area contributed by atoms with Crippen molar-refractivity contribution in [3.8, 4) is 0 Å². The van der Waals surface area contributed by atoms with Crippen molar-refractivity contribution in [1.82, 2.24) is 0 Å². The van der Waals surface area contributed by atoms with Crippen LogP contribution in [-0.4, -0.2) is 23.1 Å². The van der Waals surface area contributed by atoms with Gasteiger partial charge in [0.2, 0.25) is 0 Å². The summed E-state index contributed by atoms with van der Waals surface area (Å²) >= 11 is 0. The van der Waals surface area contributed by atoms with E-state index < -0.39 is 11.8 Å². The summed E-state index contributed by atoms with van der Waals surface area (Å²) in [6.45, 7) is 0. The van der Waals surface area contributed by atoms with Crippen molar-refractivity contribution in [2.45, 2.75) is 38.5 Å². The van der Waals surface area contributed by atoms with Crippen LogP contribution in [-0.2, 0) is 9.59 Å². The highest BCUT2D eigenvalue weighted by molar-refractivity contribution is 6.11. The summed E-state index contributed by atoms with van der Waals surface area (Å²) in [6.07, 6.45) is 2.57. The molecule has 0 bridgehead atoms. The minimum Gasteiger partial charge on any atom is -0.299 e. The molecule has 1 saturated carbocycles. The topological polar surface area (TPSA) is 68.3 Å². The molecule has 3 rings (SSSR count). The van der Waals surface area contributed by atoms with E-state index in [0.717, 1.165) is 12.8 Å². The highest BCUT2D eigenvalue weighted by Gasteiger charge is 2.36. The normalized spacial score (nSPS) is 19.0. The average Bonchev–Trinajstić information content (AvgIpc) is 2.74. The maximum absolute atomic E-state index is 12.8. The van der Waals surface area contributed by atoms with Crippen LogP contribution in [0.2, 0.25) is 0 Å². The third-order valence-electron chi connectivity index (χ3n) is 5.45. The maximum Gasteiger partial charge on any atom is 0.170 e. The van der Waals surface area contributed by atoms with Gasteiger partial charge in [0.05, 0.1) is 12.8 Å². The molecule has 2 unspecified atom stereocenters. The number of hydrogen-bond donors (Lipinski definition) is 0. The molecular formula is C24H24O4. The first-order chi connectivity index (χ1) is 13.6. The van der Waals surface area contributed by atoms with E-state index in [1.54, 1.807) is 48.5 Å². The zero-order chi connectivity index (χ0) is 19.9. The molecule has 1 aliphatic carbocycles. The summed E-state index contributed by atoms with van der Waals surface area (Å²) in [5.74, 6) is -1.72. The quantitative estimate of drug-likeness (QED) is 0.503. The molecule has 0 N–H and O–H groups in total. The highest BCUT2D eigenvalue weighted by Crippen LogP contribution is 2.33. The standard InChI is InChI=1S/C24H24O4/c25-21(17-9-3-1-4-10-17)15-23(27)19-13-7-8-14-20(19)24(28)16-22(26)18-11-5-2-6-12-18/h1-6,9-12,19-20H,7-8,13-16H2. The number of benzene rings is 2. The van der Waals surface area contributed by atoms with Crippen LogP contribution in [0.5, 0.6) is 0 Å². The van der Waals surface area contributed by atoms with E-state index in [0.29, 0.717) is 24.0 Å². The van der Waals surface area contributed by atoms with Gasteiger partial charge in [0, 0.05) is 23.0 Å². The van der Waals surface area contributed by atoms with Gasteiger partial charge in [-0.3, -0.25) is 19.2 Å². The van der Waals surface area contributed by atoms with Crippen molar-refractivity contribution < 1.29 is 19.2 Å². The molecule has 0 heterocycles. The van der Waals surface area contributed by atoms with Gasteiger partial charge in [-0.05, 0) is 12.8 Å². The Morgan fingerprint density at radius 3 is 1.32 bits per heavy atom. The Hall–Kier alpha value is -2.88. The van der Waals surface area contributed by atoms with E-state index in [-0.39, 0.29) is 36.0 Å². The Kier molecular flexibility index (Phi) is 6.64. The van der Waals surface area contributed by atoms with E-state index in [4.69, 9.17) is 0 Å². The van der Waals surface area contributed by atoms with Gasteiger partial charge in [0.25, 0.3) is 0 Å². The van der Waals surface area contributed by atoms with Crippen LogP contribution in [0.3, 0.4) is 0 Å². The van der Waals surface area contributed by atoms with E-state index in [2.05, 4.69) is 0 Å². The van der Waals surface area contributed by atoms with E-state index in [1.165, 1.54) is 0 Å². The fourth-order valence-corrected chi connectivity index (χ4v) is 3.93. The van der Waals surface area contributed by atoms with Gasteiger partial charge in [-0.1, -0.05) is 73.5 Å². The minimum atomic E-state index is -0.461. The van der Waals surface area contributed by atoms with Crippen LogP contribution in [0.25, 0.3) is 0 Å². The molecule has 1 aliphatic rings. The number of Topliss-reactive ketones (excluding diaryl/α,β-unsaturated/α-hetero) is 4. The van der Waals surface area contributed by atoms with E-state index in [1.807, 2.05) is 12.1 Å². The van der Waals surface area contributed by atoms with Gasteiger partial charge in [0.1, 0.15) is 11.6 Å². The van der Waals surface area contributed by atoms with Crippen molar-refractivity contribution in [3.05, 3.63) is 71.8 Å². The van der Waals surface area contributed by atoms with Gasteiger partial charge in [-0.15, -0.1) is 0 Å². The van der Waals surface area contributed by atoms with Crippen molar-refractivity contribution in [3.63, 3.8) is 0 Å². The van der Waals surface area contributed by atoms with Crippen LogP contribution in [0, 0.1) is 11.8 Å². The second-order valence-corrected chi connectivity index (χ2v) is 7.36. The third-order valence-corrected chi connectivity index (χ3v) is 5.45. The molecule has 0 radical (unpaired) electrons. The fourth-order valence-electron chi connectivity index (χ4n) is 3.93. The van der Waals surface area contributed by atoms with Gasteiger partial charge in [0.15, 0.2) is 11.6 Å². The molecule has 4 heteroatoms. The highest BCUT2D eigenvalue weighted by atomic mass is 16.2. The first-order valence-corrected chi connectivity index (χ1v) is 9.78. The average molecular weight is 376 g/mol. The van der Waals surface area contributed by atoms with Crippen LogP contribution in [0.4, 0.5) is 0 Å². The monoisotopic (exact) mass is 376 g/mol. The second kappa shape index (κ2) is 9.36. The molecule has 2 aromatic carbocycles. The lowest BCUT2D eigenvalue weighted by Crippen LogP contribution is -2.34. The molecule has 0 saturated heterocycles. The molecule has 0 amide bonds. The van der Waals surface area contributed by atoms with Gasteiger partial charge >= 0.3 is 0 Å². The van der Waals surface area contributed by atoms with Gasteiger partial charge < -0.3 is 0 Å². The zero-order valence-electron chi connectivity index (χ0n) is 15.8. The summed E-state index contributed by atoms with van der Waals surface area (Å²) in [4.78, 5) is 50.3. The Morgan fingerprint density at radius 1 is 0.607 bits per heavy atom. The summed E-state index contributed by atoms with van der Waals surface area (Å²) in [7, 11) is 0. The summed E-state index contributed by atoms with van der Waals surface area (Å²) < 4.78 is 0. The van der Waals surface area contributed by atoms with Gasteiger partial charge in [-0.2, -0.15) is 0 Å². The molecular weight excluding hydrogens is 352 g/mol. The molecule has 0 aromatic heterocycles. The number of rotatable bonds is 8. The summed E-state index contributed by atoms with van der Waals surface area (Å²) in [5, 5.41) is 0. The van der Waals surface area contributed by atoms with E-state index >= 15 is 0 Å². The Morgan fingerprint density at radius 2 is 0.964 bits per heavy atom. The van der Waals surface area contributed by atoms with Crippen molar-refractivity contribution in [2.75, 3.05) is 0 Å². The first kappa shape index (κ1) is 19.9. The fraction of sp³-hybridized carbons (Fsp3) is 0.333. The number of carbonyl (C=O) groups excluding carboxylic acids is 4. The molecule has 2 aromatic rings. The van der Waals surface area contributed by atoms with Crippen molar-refractivity contribution >= 4 is 23.1 Å². The molecule has 0 aliphatic heterocycles. The van der Waals surface area contributed by atoms with Crippen LogP contribution < -0.4 is 0 Å². The van der Waals surface area contributed by atoms with Crippen molar-refractivity contribution in [1.29, 1.82) is 0 Å². The summed E-state index contributed by atoms with van der Waals surface area (Å²) in [6, 6.07) is 17.5. The van der Waals surface area contributed by atoms with Crippen LogP contribution in [0.15, 0.2) is 60.7 Å². The Bertz CT molecular complexity index is 781. The predicted molar refractivity (Wildman–Crippen MR) is 106 cm³/mol. The molecule has 0 spiro atoms. The lowest BCUT2D eigenvalue weighted by molar-refractivity contribution is -0.133. The second-order valence-electron chi connectivity index (χ2n) is 7.36. The molecule has 144 valence electrons. The third kappa shape index (κ3) is 4.89. The molecule has 4 nitrogen and oxygen atoms in total. The number of ketones is 4. The van der Waals surface area contributed by atoms with E-state index in [9.17, 15) is 19.2 Å². The maximum atomic E-state index is 12.8. The van der Waals surface area contributed by atoms with Gasteiger partial charge in [-0.25, -0.2) is 0 Å². The lowest BCUT2D eigenvalue weighted by atomic mass is 9.73. The molecule has 2 atom stereocenters. The zero-order valence-corrected chi connectivity index (χ0v) is 15.8. The number of carbonyl (C=O) groups is 4. The molecule has 1 fully saturated rings. The smallest absolute Gasteiger partial charge is 0.170 e. The Labute approximate surface area is 165 Å².